The van der Waals surface area contributed by atoms with Crippen molar-refractivity contribution in [2.75, 3.05) is 0 Å². The van der Waals surface area contributed by atoms with Gasteiger partial charge in [-0.25, -0.2) is 0 Å². The fourth-order valence-electron chi connectivity index (χ4n) is 0. The first-order chi connectivity index (χ1) is 3.68. The average molecular weight is 176 g/mol. The second-order valence-electron chi connectivity index (χ2n) is 1.76. The SMILES string of the molecule is C=CC(=C)C.C[SiH2]C.[Ti]. The zero-order valence-electron chi connectivity index (χ0n) is 6.70. The molecule has 0 bridgehead atoms. The Labute approximate surface area is 76.1 Å². The van der Waals surface area contributed by atoms with E-state index in [4.69, 9.17) is 0 Å². The molecule has 0 nitrogen and oxygen atoms in total. The van der Waals surface area contributed by atoms with E-state index >= 15 is 0 Å². The topological polar surface area (TPSA) is 0 Å². The monoisotopic (exact) mass is 176 g/mol. The molecule has 0 aliphatic rings. The molecule has 0 fully saturated rings. The molecule has 0 aliphatic carbocycles. The first kappa shape index (κ1) is 16.2. The van der Waals surface area contributed by atoms with Crippen LogP contribution in [0.3, 0.4) is 0 Å². The van der Waals surface area contributed by atoms with Crippen molar-refractivity contribution in [1.29, 1.82) is 0 Å². The van der Waals surface area contributed by atoms with Gasteiger partial charge in [0.05, 0.1) is 0 Å². The van der Waals surface area contributed by atoms with Crippen molar-refractivity contribution in [3.8, 4) is 0 Å². The van der Waals surface area contributed by atoms with Crippen LogP contribution in [0.2, 0.25) is 13.1 Å². The van der Waals surface area contributed by atoms with Crippen molar-refractivity contribution in [1.82, 2.24) is 0 Å². The predicted molar refractivity (Wildman–Crippen MR) is 45.3 cm³/mol. The molecule has 0 aromatic heterocycles. The molecule has 0 saturated carbocycles. The van der Waals surface area contributed by atoms with Gasteiger partial charge in [0.25, 0.3) is 0 Å². The standard InChI is InChI=1S/C5H8.C2H8Si.Ti/c1-4-5(2)3;1-3-2;/h4H,1-2H2,3H3;3H2,1-2H3;. The Kier molecular flexibility index (Phi) is 28.4. The summed E-state index contributed by atoms with van der Waals surface area (Å²) in [7, 11) is 0.417. The van der Waals surface area contributed by atoms with Crippen LogP contribution < -0.4 is 0 Å². The van der Waals surface area contributed by atoms with Gasteiger partial charge < -0.3 is 0 Å². The summed E-state index contributed by atoms with van der Waals surface area (Å²) in [5.74, 6) is 0. The second kappa shape index (κ2) is 15.8. The zero-order valence-corrected chi connectivity index (χ0v) is 9.67. The molecule has 0 rings (SSSR count). The minimum Gasteiger partial charge on any atom is -0.0988 e. The van der Waals surface area contributed by atoms with Gasteiger partial charge in [0.2, 0.25) is 0 Å². The van der Waals surface area contributed by atoms with E-state index < -0.39 is 0 Å². The summed E-state index contributed by atoms with van der Waals surface area (Å²) >= 11 is 0. The molecular weight excluding hydrogens is 160 g/mol. The third-order valence-corrected chi connectivity index (χ3v) is 0.348. The van der Waals surface area contributed by atoms with Crippen molar-refractivity contribution in [3.05, 3.63) is 24.8 Å². The van der Waals surface area contributed by atoms with Crippen LogP contribution in [0, 0.1) is 0 Å². The molecule has 9 heavy (non-hydrogen) atoms. The van der Waals surface area contributed by atoms with Crippen LogP contribution in [0.25, 0.3) is 0 Å². The van der Waals surface area contributed by atoms with E-state index in [0.717, 1.165) is 5.57 Å². The zero-order chi connectivity index (χ0) is 6.99. The molecule has 0 saturated heterocycles. The van der Waals surface area contributed by atoms with Crippen LogP contribution in [0.1, 0.15) is 6.92 Å². The molecule has 0 aromatic rings. The number of rotatable bonds is 1. The third-order valence-electron chi connectivity index (χ3n) is 0.348. The smallest absolute Gasteiger partial charge is 0.0135 e. The number of hydrogen-bond acceptors (Lipinski definition) is 0. The summed E-state index contributed by atoms with van der Waals surface area (Å²) in [5, 5.41) is 0. The van der Waals surface area contributed by atoms with Crippen LogP contribution in [0.15, 0.2) is 24.8 Å². The molecule has 0 radical (unpaired) electrons. The molecule has 0 heterocycles. The van der Waals surface area contributed by atoms with E-state index in [1.165, 1.54) is 0 Å². The van der Waals surface area contributed by atoms with Gasteiger partial charge in [0.1, 0.15) is 0 Å². The molecule has 0 aliphatic heterocycles. The van der Waals surface area contributed by atoms with Gasteiger partial charge in [0.15, 0.2) is 0 Å². The summed E-state index contributed by atoms with van der Waals surface area (Å²) in [4.78, 5) is 0. The Bertz CT molecular complexity index is 69.3. The Morgan fingerprint density at radius 1 is 1.44 bits per heavy atom. The second-order valence-corrected chi connectivity index (χ2v) is 3.17. The maximum atomic E-state index is 3.56. The minimum atomic E-state index is 0. The molecular formula is C7H16SiTi. The molecule has 52 valence electrons. The van der Waals surface area contributed by atoms with Crippen molar-refractivity contribution in [2.24, 2.45) is 0 Å². The van der Waals surface area contributed by atoms with Gasteiger partial charge in [0, 0.05) is 31.2 Å². The average Bonchev–Trinajstić information content (AvgIpc) is 1.69. The van der Waals surface area contributed by atoms with Crippen molar-refractivity contribution in [2.45, 2.75) is 20.0 Å². The van der Waals surface area contributed by atoms with Gasteiger partial charge in [-0.3, -0.25) is 0 Å². The molecule has 0 unspecified atom stereocenters. The quantitative estimate of drug-likeness (QED) is 0.423. The third kappa shape index (κ3) is 59.5. The number of allylic oxidation sites excluding steroid dienone is 2. The van der Waals surface area contributed by atoms with Crippen molar-refractivity contribution < 1.29 is 21.7 Å². The molecule has 0 N–H and O–H groups in total. The normalized spacial score (nSPS) is 5.67. The van der Waals surface area contributed by atoms with E-state index in [9.17, 15) is 0 Å². The maximum absolute atomic E-state index is 3.56. The first-order valence-corrected chi connectivity index (χ1v) is 5.79. The first-order valence-electron chi connectivity index (χ1n) is 2.96. The van der Waals surface area contributed by atoms with E-state index in [-0.39, 0.29) is 21.7 Å². The van der Waals surface area contributed by atoms with Crippen molar-refractivity contribution >= 4 is 9.52 Å². The van der Waals surface area contributed by atoms with Gasteiger partial charge in [-0.1, -0.05) is 37.9 Å². The van der Waals surface area contributed by atoms with Gasteiger partial charge in [-0.05, 0) is 6.92 Å². The fourth-order valence-corrected chi connectivity index (χ4v) is 0. The minimum absolute atomic E-state index is 0. The van der Waals surface area contributed by atoms with Gasteiger partial charge in [-0.2, -0.15) is 0 Å². The maximum Gasteiger partial charge on any atom is 0.0135 e. The van der Waals surface area contributed by atoms with Crippen LogP contribution in [-0.2, 0) is 21.7 Å². The summed E-state index contributed by atoms with van der Waals surface area (Å²) < 4.78 is 0. The molecule has 0 spiro atoms. The largest absolute Gasteiger partial charge is 0.0988 e. The summed E-state index contributed by atoms with van der Waals surface area (Å²) in [6, 6.07) is 0. The summed E-state index contributed by atoms with van der Waals surface area (Å²) in [6.07, 6.45) is 1.72. The van der Waals surface area contributed by atoms with Gasteiger partial charge in [-0.15, -0.1) is 0 Å². The molecule has 2 heteroatoms. The Morgan fingerprint density at radius 2 is 1.56 bits per heavy atom. The molecule has 0 amide bonds. The summed E-state index contributed by atoms with van der Waals surface area (Å²) in [6.45, 7) is 13.5. The summed E-state index contributed by atoms with van der Waals surface area (Å²) in [5.41, 5.74) is 1.02. The van der Waals surface area contributed by atoms with E-state index in [0.29, 0.717) is 9.52 Å². The van der Waals surface area contributed by atoms with E-state index in [1.807, 2.05) is 6.92 Å². The van der Waals surface area contributed by atoms with Gasteiger partial charge >= 0.3 is 0 Å². The van der Waals surface area contributed by atoms with E-state index in [2.05, 4.69) is 26.3 Å². The molecule has 0 aromatic carbocycles. The van der Waals surface area contributed by atoms with Crippen molar-refractivity contribution in [3.63, 3.8) is 0 Å². The van der Waals surface area contributed by atoms with E-state index in [1.54, 1.807) is 6.08 Å². The van der Waals surface area contributed by atoms with Crippen LogP contribution in [0.5, 0.6) is 0 Å². The predicted octanol–water partition coefficient (Wildman–Crippen LogP) is 2.00. The molecule has 0 atom stereocenters. The van der Waals surface area contributed by atoms with Crippen LogP contribution in [-0.4, -0.2) is 9.52 Å². The van der Waals surface area contributed by atoms with Crippen LogP contribution in [0.4, 0.5) is 0 Å². The number of hydrogen-bond donors (Lipinski definition) is 0. The Balaban J connectivity index is -0.0000000800. The van der Waals surface area contributed by atoms with Crippen LogP contribution >= 0.6 is 0 Å². The Morgan fingerprint density at radius 3 is 1.56 bits per heavy atom. The fraction of sp³-hybridized carbons (Fsp3) is 0.429. The Hall–Kier alpha value is 0.411.